The first kappa shape index (κ1) is 13.9. The van der Waals surface area contributed by atoms with Gasteiger partial charge in [0.2, 0.25) is 0 Å². The number of rotatable bonds is 4. The van der Waals surface area contributed by atoms with Gasteiger partial charge >= 0.3 is 120 Å². The van der Waals surface area contributed by atoms with E-state index in [-0.39, 0.29) is 6.10 Å². The van der Waals surface area contributed by atoms with E-state index in [4.69, 9.17) is 21.7 Å². The van der Waals surface area contributed by atoms with Crippen molar-refractivity contribution in [1.82, 2.24) is 0 Å². The normalized spacial score (nSPS) is 20.4. The minimum atomic E-state index is 0.253. The molecule has 0 bridgehead atoms. The van der Waals surface area contributed by atoms with Gasteiger partial charge in [0.25, 0.3) is 0 Å². The first-order valence-corrected chi connectivity index (χ1v) is 8.83. The van der Waals surface area contributed by atoms with Crippen LogP contribution in [0.15, 0.2) is 30.3 Å². The van der Waals surface area contributed by atoms with E-state index >= 15 is 0 Å². The molecule has 1 aliphatic rings. The molecule has 1 aliphatic heterocycles. The van der Waals surface area contributed by atoms with E-state index in [1.54, 1.807) is 0 Å². The van der Waals surface area contributed by atoms with Crippen LogP contribution in [-0.4, -0.2) is 32.9 Å². The quantitative estimate of drug-likeness (QED) is 0.625. The topological polar surface area (TPSA) is 18.5 Å². The molecule has 1 saturated heterocycles. The Bertz CT molecular complexity index is 369. The Balaban J connectivity index is 1.73. The summed E-state index contributed by atoms with van der Waals surface area (Å²) in [6, 6.07) is 10.7. The van der Waals surface area contributed by atoms with Crippen molar-refractivity contribution in [2.45, 2.75) is 37.1 Å². The van der Waals surface area contributed by atoms with Crippen molar-refractivity contribution in [1.29, 1.82) is 0 Å². The van der Waals surface area contributed by atoms with Crippen LogP contribution in [0.2, 0.25) is 5.32 Å². The van der Waals surface area contributed by atoms with Gasteiger partial charge in [0.15, 0.2) is 0 Å². The standard InChI is InChI=1S/C14H18O2SSe/c17-14-15-10-5-4-6-12(16-14)9-11-18-13-7-2-1-3-8-13/h1-3,7-8,12H,4-6,9-11H2. The van der Waals surface area contributed by atoms with Gasteiger partial charge in [-0.2, -0.15) is 0 Å². The molecule has 1 unspecified atom stereocenters. The molecule has 1 fully saturated rings. The molecular weight excluding hydrogens is 311 g/mol. The number of hydrogen-bond acceptors (Lipinski definition) is 3. The molecule has 0 N–H and O–H groups in total. The molecule has 1 aromatic carbocycles. The first-order valence-electron chi connectivity index (χ1n) is 6.36. The second-order valence-electron chi connectivity index (χ2n) is 4.28. The van der Waals surface area contributed by atoms with Gasteiger partial charge in [-0.05, 0) is 0 Å². The summed E-state index contributed by atoms with van der Waals surface area (Å²) in [5.74, 6) is 0. The SMILES string of the molecule is S=C1OCCCCC(CC[Se]c2ccccc2)O1. The summed E-state index contributed by atoms with van der Waals surface area (Å²) in [4.78, 5) is 0. The van der Waals surface area contributed by atoms with Gasteiger partial charge in [-0.3, -0.25) is 0 Å². The Hall–Kier alpha value is -0.571. The third-order valence-corrected chi connectivity index (χ3v) is 5.26. The molecule has 1 atom stereocenters. The molecule has 2 rings (SSSR count). The molecule has 0 aliphatic carbocycles. The molecule has 0 spiro atoms. The van der Waals surface area contributed by atoms with E-state index < -0.39 is 0 Å². The van der Waals surface area contributed by atoms with E-state index in [1.165, 1.54) is 16.2 Å². The molecule has 18 heavy (non-hydrogen) atoms. The fraction of sp³-hybridized carbons (Fsp3) is 0.500. The summed E-state index contributed by atoms with van der Waals surface area (Å²) in [6.07, 6.45) is 4.70. The van der Waals surface area contributed by atoms with Crippen molar-refractivity contribution >= 4 is 36.9 Å². The Morgan fingerprint density at radius 2 is 2.06 bits per heavy atom. The number of thiocarbonyl (C=S) groups is 1. The summed E-state index contributed by atoms with van der Waals surface area (Å²) in [5.41, 5.74) is 0. The molecule has 0 saturated carbocycles. The predicted molar refractivity (Wildman–Crippen MR) is 78.5 cm³/mol. The number of benzene rings is 1. The van der Waals surface area contributed by atoms with E-state index in [1.807, 2.05) is 0 Å². The molecule has 0 amide bonds. The van der Waals surface area contributed by atoms with Crippen LogP contribution in [0.3, 0.4) is 0 Å². The van der Waals surface area contributed by atoms with Gasteiger partial charge in [-0.15, -0.1) is 0 Å². The van der Waals surface area contributed by atoms with Crippen LogP contribution in [0.5, 0.6) is 0 Å². The first-order chi connectivity index (χ1) is 8.84. The van der Waals surface area contributed by atoms with Crippen LogP contribution in [0.4, 0.5) is 0 Å². The van der Waals surface area contributed by atoms with Gasteiger partial charge in [0.1, 0.15) is 0 Å². The number of hydrogen-bond donors (Lipinski definition) is 0. The molecule has 98 valence electrons. The van der Waals surface area contributed by atoms with Gasteiger partial charge < -0.3 is 0 Å². The predicted octanol–water partition coefficient (Wildman–Crippen LogP) is 2.70. The second-order valence-corrected chi connectivity index (χ2v) is 7.07. The van der Waals surface area contributed by atoms with E-state index in [0.717, 1.165) is 19.3 Å². The molecule has 2 nitrogen and oxygen atoms in total. The fourth-order valence-corrected chi connectivity index (χ4v) is 4.13. The summed E-state index contributed by atoms with van der Waals surface area (Å²) in [6.45, 7) is 0.708. The molecule has 0 radical (unpaired) electrons. The van der Waals surface area contributed by atoms with E-state index in [2.05, 4.69) is 30.3 Å². The van der Waals surface area contributed by atoms with Gasteiger partial charge in [-0.25, -0.2) is 0 Å². The van der Waals surface area contributed by atoms with Crippen LogP contribution >= 0.6 is 12.2 Å². The van der Waals surface area contributed by atoms with Crippen LogP contribution in [0, 0.1) is 0 Å². The van der Waals surface area contributed by atoms with Gasteiger partial charge in [-0.1, -0.05) is 0 Å². The zero-order valence-electron chi connectivity index (χ0n) is 10.3. The van der Waals surface area contributed by atoms with Crippen molar-refractivity contribution in [2.75, 3.05) is 6.61 Å². The monoisotopic (exact) mass is 330 g/mol. The molecular formula is C14H18O2SSe. The van der Waals surface area contributed by atoms with Crippen LogP contribution in [-0.2, 0) is 9.47 Å². The van der Waals surface area contributed by atoms with Gasteiger partial charge in [0.05, 0.1) is 0 Å². The summed E-state index contributed by atoms with van der Waals surface area (Å²) >= 11 is 5.57. The van der Waals surface area contributed by atoms with Crippen LogP contribution in [0.25, 0.3) is 0 Å². The van der Waals surface area contributed by atoms with Crippen molar-refractivity contribution < 1.29 is 9.47 Å². The molecule has 1 heterocycles. The van der Waals surface area contributed by atoms with Crippen molar-refractivity contribution in [3.63, 3.8) is 0 Å². The Labute approximate surface area is 120 Å². The third-order valence-electron chi connectivity index (χ3n) is 2.86. The van der Waals surface area contributed by atoms with Crippen LogP contribution < -0.4 is 4.46 Å². The molecule has 4 heteroatoms. The van der Waals surface area contributed by atoms with E-state index in [0.29, 0.717) is 26.8 Å². The number of ether oxygens (including phenoxy) is 2. The van der Waals surface area contributed by atoms with Crippen molar-refractivity contribution in [2.24, 2.45) is 0 Å². The maximum atomic E-state index is 5.65. The van der Waals surface area contributed by atoms with Crippen molar-refractivity contribution in [3.05, 3.63) is 30.3 Å². The van der Waals surface area contributed by atoms with Crippen LogP contribution in [0.1, 0.15) is 25.7 Å². The summed E-state index contributed by atoms with van der Waals surface area (Å²) in [5, 5.41) is 1.54. The molecule has 0 aromatic heterocycles. The van der Waals surface area contributed by atoms with Gasteiger partial charge in [0, 0.05) is 0 Å². The third kappa shape index (κ3) is 4.97. The average molecular weight is 329 g/mol. The summed E-state index contributed by atoms with van der Waals surface area (Å²) in [7, 11) is 0. The fourth-order valence-electron chi connectivity index (χ4n) is 1.89. The summed E-state index contributed by atoms with van der Waals surface area (Å²) < 4.78 is 12.4. The maximum absolute atomic E-state index is 5.65. The zero-order chi connectivity index (χ0) is 12.6. The Kier molecular flexibility index (Phi) is 5.98. The molecule has 1 aromatic rings. The average Bonchev–Trinajstić information content (AvgIpc) is 2.36. The zero-order valence-corrected chi connectivity index (χ0v) is 12.9. The van der Waals surface area contributed by atoms with E-state index in [9.17, 15) is 0 Å². The minimum absolute atomic E-state index is 0.253. The second kappa shape index (κ2) is 7.77. The van der Waals surface area contributed by atoms with Crippen molar-refractivity contribution in [3.8, 4) is 0 Å². The Morgan fingerprint density at radius 3 is 2.89 bits per heavy atom. The Morgan fingerprint density at radius 1 is 1.22 bits per heavy atom.